The fraction of sp³-hybridized carbons (Fsp3) is 0.455. The average molecular weight is 240 g/mol. The molecule has 0 spiro atoms. The van der Waals surface area contributed by atoms with Gasteiger partial charge in [0, 0.05) is 6.20 Å². The van der Waals surface area contributed by atoms with Gasteiger partial charge in [-0.15, -0.1) is 0 Å². The fourth-order valence-corrected chi connectivity index (χ4v) is 1.40. The highest BCUT2D eigenvalue weighted by Crippen LogP contribution is 2.20. The van der Waals surface area contributed by atoms with Crippen molar-refractivity contribution in [2.24, 2.45) is 0 Å². The van der Waals surface area contributed by atoms with Gasteiger partial charge >= 0.3 is 5.97 Å². The van der Waals surface area contributed by atoms with E-state index in [1.165, 1.54) is 6.20 Å². The van der Waals surface area contributed by atoms with Gasteiger partial charge in [0.1, 0.15) is 0 Å². The van der Waals surface area contributed by atoms with E-state index in [1.807, 2.05) is 0 Å². The number of aromatic carboxylic acids is 1. The molecule has 0 fully saturated rings. The Labute approximate surface area is 98.9 Å². The first-order chi connectivity index (χ1) is 8.08. The Kier molecular flexibility index (Phi) is 4.42. The van der Waals surface area contributed by atoms with Gasteiger partial charge in [-0.3, -0.25) is 0 Å². The molecule has 0 atom stereocenters. The summed E-state index contributed by atoms with van der Waals surface area (Å²) in [5.74, 6) is -1.16. The summed E-state index contributed by atoms with van der Waals surface area (Å²) in [6, 6.07) is 3.14. The average Bonchev–Trinajstić information content (AvgIpc) is 2.36. The van der Waals surface area contributed by atoms with Crippen LogP contribution in [0.3, 0.4) is 0 Å². The molecule has 4 N–H and O–H groups in total. The third kappa shape index (κ3) is 2.92. The van der Waals surface area contributed by atoms with Crippen LogP contribution < -0.4 is 5.32 Å². The summed E-state index contributed by atoms with van der Waals surface area (Å²) >= 11 is 0. The van der Waals surface area contributed by atoms with Crippen molar-refractivity contribution in [3.05, 3.63) is 24.0 Å². The molecule has 0 bridgehead atoms. The molecule has 6 nitrogen and oxygen atoms in total. The summed E-state index contributed by atoms with van der Waals surface area (Å²) in [6.07, 6.45) is 1.83. The van der Waals surface area contributed by atoms with Gasteiger partial charge in [-0.05, 0) is 18.6 Å². The van der Waals surface area contributed by atoms with E-state index in [9.17, 15) is 15.0 Å². The molecule has 0 aromatic carbocycles. The van der Waals surface area contributed by atoms with Crippen molar-refractivity contribution in [2.45, 2.75) is 18.9 Å². The van der Waals surface area contributed by atoms with Crippen LogP contribution in [-0.2, 0) is 0 Å². The smallest absolute Gasteiger partial charge is 0.356 e. The number of nitrogens with one attached hydrogen (secondary N) is 1. The maximum atomic E-state index is 10.9. The largest absolute Gasteiger partial charge is 0.476 e. The molecule has 0 amide bonds. The lowest BCUT2D eigenvalue weighted by Crippen LogP contribution is -2.45. The number of anilines is 1. The maximum absolute atomic E-state index is 10.9. The van der Waals surface area contributed by atoms with Crippen LogP contribution >= 0.6 is 0 Å². The van der Waals surface area contributed by atoms with Gasteiger partial charge < -0.3 is 20.6 Å². The highest BCUT2D eigenvalue weighted by Gasteiger charge is 2.28. The van der Waals surface area contributed by atoms with E-state index in [2.05, 4.69) is 10.3 Å². The summed E-state index contributed by atoms with van der Waals surface area (Å²) in [5, 5.41) is 30.4. The van der Waals surface area contributed by atoms with E-state index in [0.717, 1.165) is 0 Å². The summed E-state index contributed by atoms with van der Waals surface area (Å²) in [6.45, 7) is 1.19. The van der Waals surface area contributed by atoms with Crippen LogP contribution in [0.15, 0.2) is 18.3 Å². The van der Waals surface area contributed by atoms with E-state index in [0.29, 0.717) is 6.42 Å². The van der Waals surface area contributed by atoms with E-state index in [4.69, 9.17) is 5.11 Å². The molecular weight excluding hydrogens is 224 g/mol. The second-order valence-corrected chi connectivity index (χ2v) is 3.78. The fourth-order valence-electron chi connectivity index (χ4n) is 1.40. The summed E-state index contributed by atoms with van der Waals surface area (Å²) in [4.78, 5) is 14.7. The first kappa shape index (κ1) is 13.4. The lowest BCUT2D eigenvalue weighted by atomic mass is 9.98. The lowest BCUT2D eigenvalue weighted by molar-refractivity contribution is 0.0690. The van der Waals surface area contributed by atoms with Gasteiger partial charge in [0.25, 0.3) is 0 Å². The second-order valence-electron chi connectivity index (χ2n) is 3.78. The highest BCUT2D eigenvalue weighted by molar-refractivity contribution is 5.91. The van der Waals surface area contributed by atoms with Gasteiger partial charge in [0.05, 0.1) is 24.4 Å². The van der Waals surface area contributed by atoms with E-state index < -0.39 is 11.5 Å². The van der Waals surface area contributed by atoms with Crippen molar-refractivity contribution in [3.63, 3.8) is 0 Å². The molecule has 1 heterocycles. The second kappa shape index (κ2) is 5.60. The Morgan fingerprint density at radius 1 is 1.47 bits per heavy atom. The molecule has 1 aromatic heterocycles. The Balaban J connectivity index is 3.05. The Hall–Kier alpha value is -1.66. The van der Waals surface area contributed by atoms with Crippen LogP contribution in [0, 0.1) is 0 Å². The highest BCUT2D eigenvalue weighted by atomic mass is 16.4. The van der Waals surface area contributed by atoms with Crippen molar-refractivity contribution in [3.8, 4) is 0 Å². The number of carbonyl (C=O) groups is 1. The molecule has 1 aromatic rings. The quantitative estimate of drug-likeness (QED) is 0.571. The number of aromatic nitrogens is 1. The number of rotatable bonds is 6. The van der Waals surface area contributed by atoms with Crippen molar-refractivity contribution in [1.29, 1.82) is 0 Å². The van der Waals surface area contributed by atoms with Gasteiger partial charge in [0.15, 0.2) is 5.69 Å². The normalized spacial score (nSPS) is 11.2. The predicted octanol–water partition coefficient (Wildman–Crippen LogP) is 0.325. The van der Waals surface area contributed by atoms with E-state index >= 15 is 0 Å². The number of aliphatic hydroxyl groups excluding tert-OH is 2. The molecule has 6 heteroatoms. The van der Waals surface area contributed by atoms with Gasteiger partial charge in [-0.1, -0.05) is 6.92 Å². The minimum Gasteiger partial charge on any atom is -0.476 e. The first-order valence-corrected chi connectivity index (χ1v) is 5.27. The van der Waals surface area contributed by atoms with Crippen molar-refractivity contribution < 1.29 is 20.1 Å². The molecule has 0 aliphatic rings. The summed E-state index contributed by atoms with van der Waals surface area (Å²) in [5.41, 5.74) is -0.787. The van der Waals surface area contributed by atoms with Crippen LogP contribution in [0.2, 0.25) is 0 Å². The number of carboxylic acids is 1. The SMILES string of the molecule is CCC(CO)(CO)Nc1cccnc1C(=O)O. The molecule has 0 radical (unpaired) electrons. The maximum Gasteiger partial charge on any atom is 0.356 e. The minimum absolute atomic E-state index is 0.132. The zero-order valence-corrected chi connectivity index (χ0v) is 9.55. The molecule has 0 aliphatic carbocycles. The number of aliphatic hydroxyl groups is 2. The van der Waals surface area contributed by atoms with Crippen molar-refractivity contribution in [2.75, 3.05) is 18.5 Å². The Bertz CT molecular complexity index is 383. The molecule has 0 aliphatic heterocycles. The van der Waals surface area contributed by atoms with Gasteiger partial charge in [0.2, 0.25) is 0 Å². The summed E-state index contributed by atoms with van der Waals surface area (Å²) in [7, 11) is 0. The number of carboxylic acid groups (broad SMARTS) is 1. The summed E-state index contributed by atoms with van der Waals surface area (Å²) < 4.78 is 0. The van der Waals surface area contributed by atoms with Gasteiger partial charge in [-0.25, -0.2) is 9.78 Å². The minimum atomic E-state index is -1.16. The lowest BCUT2D eigenvalue weighted by Gasteiger charge is -2.31. The monoisotopic (exact) mass is 240 g/mol. The molecule has 0 saturated carbocycles. The van der Waals surface area contributed by atoms with E-state index in [-0.39, 0.29) is 24.6 Å². The predicted molar refractivity (Wildman–Crippen MR) is 62.0 cm³/mol. The number of hydrogen-bond acceptors (Lipinski definition) is 5. The van der Waals surface area contributed by atoms with Crippen LogP contribution in [0.4, 0.5) is 5.69 Å². The molecule has 0 saturated heterocycles. The standard InChI is InChI=1S/C11H16N2O4/c1-2-11(6-14,7-15)13-8-4-3-5-12-9(8)10(16)17/h3-5,13-15H,2,6-7H2,1H3,(H,16,17). The van der Waals surface area contributed by atoms with E-state index in [1.54, 1.807) is 19.1 Å². The molecular formula is C11H16N2O4. The molecule has 17 heavy (non-hydrogen) atoms. The molecule has 0 unspecified atom stereocenters. The first-order valence-electron chi connectivity index (χ1n) is 5.27. The third-order valence-electron chi connectivity index (χ3n) is 2.69. The molecule has 94 valence electrons. The Morgan fingerprint density at radius 2 is 2.12 bits per heavy atom. The van der Waals surface area contributed by atoms with Gasteiger partial charge in [-0.2, -0.15) is 0 Å². The number of pyridine rings is 1. The van der Waals surface area contributed by atoms with Crippen LogP contribution in [-0.4, -0.2) is 45.0 Å². The van der Waals surface area contributed by atoms with Crippen LogP contribution in [0.25, 0.3) is 0 Å². The van der Waals surface area contributed by atoms with Crippen molar-refractivity contribution in [1.82, 2.24) is 4.98 Å². The zero-order valence-electron chi connectivity index (χ0n) is 9.55. The number of nitrogens with zero attached hydrogens (tertiary/aromatic N) is 1. The number of hydrogen-bond donors (Lipinski definition) is 4. The molecule has 1 rings (SSSR count). The topological polar surface area (TPSA) is 103 Å². The Morgan fingerprint density at radius 3 is 2.59 bits per heavy atom. The third-order valence-corrected chi connectivity index (χ3v) is 2.69. The van der Waals surface area contributed by atoms with Crippen LogP contribution in [0.1, 0.15) is 23.8 Å². The van der Waals surface area contributed by atoms with Crippen LogP contribution in [0.5, 0.6) is 0 Å². The zero-order chi connectivity index (χ0) is 12.9. The van der Waals surface area contributed by atoms with Crippen molar-refractivity contribution >= 4 is 11.7 Å².